The van der Waals surface area contributed by atoms with Crippen LogP contribution in [0.3, 0.4) is 0 Å². The third kappa shape index (κ3) is 4.67. The van der Waals surface area contributed by atoms with Gasteiger partial charge in [-0.25, -0.2) is 4.57 Å². The molecule has 26 heavy (non-hydrogen) atoms. The summed E-state index contributed by atoms with van der Waals surface area (Å²) in [5, 5.41) is 0. The summed E-state index contributed by atoms with van der Waals surface area (Å²) in [5.74, 6) is 1.53. The molecule has 0 spiro atoms. The molecule has 2 aromatic carbocycles. The van der Waals surface area contributed by atoms with Crippen LogP contribution in [-0.4, -0.2) is 25.0 Å². The molecule has 6 heteroatoms. The number of benzene rings is 2. The quantitative estimate of drug-likeness (QED) is 0.418. The van der Waals surface area contributed by atoms with Crippen molar-refractivity contribution in [1.29, 1.82) is 0 Å². The number of methoxy groups -OCH3 is 2. The van der Waals surface area contributed by atoms with Gasteiger partial charge in [-0.15, -0.1) is 0 Å². The number of rotatable bonds is 6. The van der Waals surface area contributed by atoms with E-state index in [0.29, 0.717) is 5.56 Å². The van der Waals surface area contributed by atoms with Gasteiger partial charge in [0.2, 0.25) is 5.78 Å². The van der Waals surface area contributed by atoms with Crippen LogP contribution in [0.4, 0.5) is 0 Å². The van der Waals surface area contributed by atoms with Gasteiger partial charge in [0.25, 0.3) is 6.33 Å². The van der Waals surface area contributed by atoms with Crippen molar-refractivity contribution in [1.82, 2.24) is 4.98 Å². The molecule has 0 N–H and O–H groups in total. The maximum atomic E-state index is 12.3. The van der Waals surface area contributed by atoms with E-state index in [1.54, 1.807) is 49.4 Å². The number of hydrogen-bond acceptors (Lipinski definition) is 4. The van der Waals surface area contributed by atoms with Crippen LogP contribution in [0.15, 0.2) is 67.1 Å². The molecule has 0 saturated carbocycles. The van der Waals surface area contributed by atoms with Gasteiger partial charge in [-0.1, -0.05) is 12.1 Å². The largest absolute Gasteiger partial charge is 1.00 e. The molecule has 1 aromatic heterocycles. The fourth-order valence-corrected chi connectivity index (χ4v) is 2.46. The van der Waals surface area contributed by atoms with Gasteiger partial charge in [-0.3, -0.25) is 4.79 Å². The second kappa shape index (κ2) is 9.10. The predicted molar refractivity (Wildman–Crippen MR) is 93.7 cm³/mol. The predicted octanol–water partition coefficient (Wildman–Crippen LogP) is -0.0598. The summed E-state index contributed by atoms with van der Waals surface area (Å²) in [6.07, 6.45) is 3.51. The van der Waals surface area contributed by atoms with Crippen molar-refractivity contribution < 1.29 is 35.8 Å². The number of Topliss-reactive ketones (excluding diaryl/α,β-unsaturated/α-hetero) is 1. The van der Waals surface area contributed by atoms with Crippen molar-refractivity contribution in [3.63, 3.8) is 0 Å². The molecule has 0 saturated heterocycles. The topological polar surface area (TPSA) is 52.3 Å². The molecule has 0 unspecified atom stereocenters. The molecule has 3 rings (SSSR count). The molecule has 0 aliphatic rings. The molecular formula is C20H19BrN2O3. The molecule has 5 nitrogen and oxygen atoms in total. The zero-order valence-electron chi connectivity index (χ0n) is 14.6. The van der Waals surface area contributed by atoms with Gasteiger partial charge in [0.1, 0.15) is 11.5 Å². The minimum atomic E-state index is 0. The molecular weight excluding hydrogens is 396 g/mol. The third-order valence-electron chi connectivity index (χ3n) is 3.87. The second-order valence-corrected chi connectivity index (χ2v) is 5.50. The maximum Gasteiger partial charge on any atom is 0.287 e. The highest BCUT2D eigenvalue weighted by atomic mass is 79.9. The lowest BCUT2D eigenvalue weighted by molar-refractivity contribution is -0.686. The number of ether oxygens (including phenoxy) is 2. The van der Waals surface area contributed by atoms with Gasteiger partial charge < -0.3 is 26.5 Å². The normalized spacial score (nSPS) is 9.92. The van der Waals surface area contributed by atoms with Crippen molar-refractivity contribution in [2.75, 3.05) is 14.2 Å². The highest BCUT2D eigenvalue weighted by Gasteiger charge is 2.12. The second-order valence-electron chi connectivity index (χ2n) is 5.50. The van der Waals surface area contributed by atoms with E-state index in [0.717, 1.165) is 22.8 Å². The summed E-state index contributed by atoms with van der Waals surface area (Å²) >= 11 is 0. The Morgan fingerprint density at radius 3 is 2.35 bits per heavy atom. The Labute approximate surface area is 163 Å². The third-order valence-corrected chi connectivity index (χ3v) is 3.87. The lowest BCUT2D eigenvalue weighted by Crippen LogP contribution is -3.00. The lowest BCUT2D eigenvalue weighted by Gasteiger charge is -2.03. The van der Waals surface area contributed by atoms with Gasteiger partial charge in [0.15, 0.2) is 12.2 Å². The van der Waals surface area contributed by atoms with Gasteiger partial charge in [-0.2, -0.15) is 0 Å². The molecule has 0 atom stereocenters. The maximum absolute atomic E-state index is 12.3. The number of nitrogens with zero attached hydrogens (tertiary/aromatic N) is 2. The van der Waals surface area contributed by atoms with E-state index in [9.17, 15) is 4.79 Å². The zero-order valence-corrected chi connectivity index (χ0v) is 16.1. The van der Waals surface area contributed by atoms with Crippen LogP contribution in [0.2, 0.25) is 0 Å². The van der Waals surface area contributed by atoms with Crippen molar-refractivity contribution in [2.45, 2.75) is 6.54 Å². The Kier molecular flexibility index (Phi) is 6.86. The zero-order chi connectivity index (χ0) is 17.6. The van der Waals surface area contributed by atoms with Gasteiger partial charge in [0.05, 0.1) is 20.4 Å². The fourth-order valence-electron chi connectivity index (χ4n) is 2.46. The molecule has 3 aromatic rings. The Hall–Kier alpha value is -2.73. The van der Waals surface area contributed by atoms with Crippen LogP contribution in [0.1, 0.15) is 10.4 Å². The number of halogens is 1. The number of ketones is 1. The Morgan fingerprint density at radius 2 is 1.73 bits per heavy atom. The van der Waals surface area contributed by atoms with Gasteiger partial charge in [-0.05, 0) is 41.4 Å². The monoisotopic (exact) mass is 414 g/mol. The van der Waals surface area contributed by atoms with Crippen LogP contribution in [0.5, 0.6) is 11.5 Å². The highest BCUT2D eigenvalue weighted by Crippen LogP contribution is 2.21. The first-order chi connectivity index (χ1) is 12.2. The van der Waals surface area contributed by atoms with Crippen LogP contribution in [0, 0.1) is 0 Å². The van der Waals surface area contributed by atoms with Gasteiger partial charge >= 0.3 is 0 Å². The number of aromatic nitrogens is 2. The summed E-state index contributed by atoms with van der Waals surface area (Å²) in [6, 6.07) is 16.7. The molecule has 134 valence electrons. The van der Waals surface area contributed by atoms with E-state index in [-0.39, 0.29) is 29.3 Å². The molecule has 0 aliphatic carbocycles. The van der Waals surface area contributed by atoms with E-state index in [4.69, 9.17) is 9.47 Å². The summed E-state index contributed by atoms with van der Waals surface area (Å²) in [7, 11) is 3.23. The van der Waals surface area contributed by atoms with Crippen molar-refractivity contribution in [3.05, 3.63) is 72.7 Å². The van der Waals surface area contributed by atoms with Crippen molar-refractivity contribution in [2.24, 2.45) is 0 Å². The fraction of sp³-hybridized carbons (Fsp3) is 0.150. The van der Waals surface area contributed by atoms with Gasteiger partial charge in [0, 0.05) is 17.2 Å². The number of carbonyl (C=O) groups is 1. The van der Waals surface area contributed by atoms with Crippen molar-refractivity contribution >= 4 is 5.78 Å². The Morgan fingerprint density at radius 1 is 1.00 bits per heavy atom. The van der Waals surface area contributed by atoms with E-state index >= 15 is 0 Å². The average molecular weight is 415 g/mol. The van der Waals surface area contributed by atoms with E-state index in [1.165, 1.54) is 0 Å². The minimum absolute atomic E-state index is 0. The standard InChI is InChI=1S/C20H19N2O3.BrH/c1-24-17-8-6-15(7-9-17)20(23)13-22-11-10-19(21-14-22)16-4-3-5-18(12-16)25-2;/h3-12,14H,13H2,1-2H3;1H/q+1;/p-1. The summed E-state index contributed by atoms with van der Waals surface area (Å²) in [5.41, 5.74) is 2.44. The van der Waals surface area contributed by atoms with E-state index in [2.05, 4.69) is 4.98 Å². The summed E-state index contributed by atoms with van der Waals surface area (Å²) in [4.78, 5) is 16.8. The van der Waals surface area contributed by atoms with Crippen molar-refractivity contribution in [3.8, 4) is 22.8 Å². The molecule has 0 bridgehead atoms. The summed E-state index contributed by atoms with van der Waals surface area (Å²) in [6.45, 7) is 0.234. The van der Waals surface area contributed by atoms with E-state index in [1.807, 2.05) is 36.5 Å². The molecule has 0 radical (unpaired) electrons. The smallest absolute Gasteiger partial charge is 0.287 e. The molecule has 1 heterocycles. The average Bonchev–Trinajstić information content (AvgIpc) is 2.68. The molecule has 0 aliphatic heterocycles. The summed E-state index contributed by atoms with van der Waals surface area (Å²) < 4.78 is 12.1. The minimum Gasteiger partial charge on any atom is -1.00 e. The van der Waals surface area contributed by atoms with Crippen LogP contribution in [0.25, 0.3) is 11.3 Å². The number of hydrogen-bond donors (Lipinski definition) is 0. The Bertz CT molecular complexity index is 865. The highest BCUT2D eigenvalue weighted by molar-refractivity contribution is 5.95. The number of carbonyl (C=O) groups excluding carboxylic acids is 1. The first-order valence-corrected chi connectivity index (χ1v) is 7.86. The molecule has 0 amide bonds. The Balaban J connectivity index is 0.00000243. The lowest BCUT2D eigenvalue weighted by atomic mass is 10.1. The van der Waals surface area contributed by atoms with Crippen LogP contribution < -0.4 is 31.0 Å². The van der Waals surface area contributed by atoms with Crippen LogP contribution >= 0.6 is 0 Å². The van der Waals surface area contributed by atoms with E-state index < -0.39 is 0 Å². The first kappa shape index (κ1) is 19.6. The molecule has 0 fully saturated rings. The first-order valence-electron chi connectivity index (χ1n) is 7.86. The SMILES string of the molecule is COc1ccc(C(=O)C[n+]2ccc(-c3cccc(OC)c3)nc2)cc1.[Br-]. The van der Waals surface area contributed by atoms with Crippen LogP contribution in [-0.2, 0) is 6.54 Å².